The predicted octanol–water partition coefficient (Wildman–Crippen LogP) is -0.917. The van der Waals surface area contributed by atoms with Crippen LogP contribution in [0.1, 0.15) is 15.9 Å². The van der Waals surface area contributed by atoms with Gasteiger partial charge in [0.2, 0.25) is 0 Å². The molecule has 0 aromatic heterocycles. The molecule has 0 saturated heterocycles. The number of carbonyl (C=O) groups excluding carboxylic acids is 1. The van der Waals surface area contributed by atoms with Crippen molar-refractivity contribution in [2.24, 2.45) is 0 Å². The summed E-state index contributed by atoms with van der Waals surface area (Å²) in [5.41, 5.74) is 1.47. The van der Waals surface area contributed by atoms with Gasteiger partial charge in [-0.3, -0.25) is 4.79 Å². The van der Waals surface area contributed by atoms with Crippen molar-refractivity contribution in [1.82, 2.24) is 0 Å². The Bertz CT molecular complexity index is 575. The van der Waals surface area contributed by atoms with Crippen LogP contribution in [0.4, 0.5) is 0 Å². The van der Waals surface area contributed by atoms with Crippen molar-refractivity contribution < 1.29 is 47.3 Å². The van der Waals surface area contributed by atoms with Gasteiger partial charge in [0.1, 0.15) is 0 Å². The van der Waals surface area contributed by atoms with Gasteiger partial charge in [-0.25, -0.2) is 8.42 Å². The molecule has 0 aliphatic carbocycles. The minimum atomic E-state index is -3.92. The molecule has 2 aromatic carbocycles. The third-order valence-corrected chi connectivity index (χ3v) is 2.07. The van der Waals surface area contributed by atoms with Crippen LogP contribution in [0.5, 0.6) is 0 Å². The molecule has 0 atom stereocenters. The van der Waals surface area contributed by atoms with Crippen molar-refractivity contribution >= 4 is 15.9 Å². The summed E-state index contributed by atoms with van der Waals surface area (Å²) in [5.74, 6) is 0.0752. The van der Waals surface area contributed by atoms with Crippen molar-refractivity contribution in [2.75, 3.05) is 6.26 Å². The fourth-order valence-corrected chi connectivity index (χ4v) is 1.35. The van der Waals surface area contributed by atoms with Gasteiger partial charge in [0.25, 0.3) is 0 Å². The van der Waals surface area contributed by atoms with Gasteiger partial charge in [-0.15, -0.1) is 0 Å². The minimum Gasteiger partial charge on any atom is -0.748 e. The maximum Gasteiger partial charge on any atom is 1.00 e. The second-order valence-corrected chi connectivity index (χ2v) is 5.17. The molecule has 0 unspecified atom stereocenters. The Kier molecular flexibility index (Phi) is 8.60. The summed E-state index contributed by atoms with van der Waals surface area (Å²) in [4.78, 5) is 11.8. The van der Waals surface area contributed by atoms with Gasteiger partial charge < -0.3 is 4.55 Å². The molecule has 0 aliphatic rings. The molecule has 4 nitrogen and oxygen atoms in total. The van der Waals surface area contributed by atoms with Gasteiger partial charge in [-0.05, 0) is 0 Å². The van der Waals surface area contributed by atoms with Gasteiger partial charge in [0.05, 0.1) is 10.1 Å². The summed E-state index contributed by atoms with van der Waals surface area (Å²) in [7, 11) is -3.92. The van der Waals surface area contributed by atoms with E-state index in [2.05, 4.69) is 0 Å². The largest absolute Gasteiger partial charge is 1.00 e. The first kappa shape index (κ1) is 19.0. The van der Waals surface area contributed by atoms with E-state index in [1.165, 1.54) is 0 Å². The summed E-state index contributed by atoms with van der Waals surface area (Å²) < 4.78 is 27.2. The van der Waals surface area contributed by atoms with Crippen LogP contribution in [-0.2, 0) is 10.1 Å². The number of rotatable bonds is 2. The SMILES string of the molecule is CS(=O)(=O)[O-].O=C(c1ccccc1)c1ccccc1.[Na+]. The third kappa shape index (κ3) is 8.24. The van der Waals surface area contributed by atoms with Crippen LogP contribution in [0.15, 0.2) is 60.7 Å². The van der Waals surface area contributed by atoms with Crippen molar-refractivity contribution in [3.05, 3.63) is 71.8 Å². The normalized spacial score (nSPS) is 9.70. The van der Waals surface area contributed by atoms with E-state index >= 15 is 0 Å². The molecule has 0 radical (unpaired) electrons. The van der Waals surface area contributed by atoms with Gasteiger partial charge in [0.15, 0.2) is 5.78 Å². The molecular formula is C14H13NaO4S. The monoisotopic (exact) mass is 300 g/mol. The maximum absolute atomic E-state index is 11.8. The molecule has 0 N–H and O–H groups in total. The number of hydrogen-bond acceptors (Lipinski definition) is 4. The molecule has 0 spiro atoms. The summed E-state index contributed by atoms with van der Waals surface area (Å²) in [6, 6.07) is 18.6. The molecule has 0 bridgehead atoms. The van der Waals surface area contributed by atoms with Gasteiger partial charge in [-0.1, -0.05) is 60.7 Å². The maximum atomic E-state index is 11.8. The Labute approximate surface area is 140 Å². The number of ketones is 1. The zero-order valence-corrected chi connectivity index (χ0v) is 14.1. The van der Waals surface area contributed by atoms with E-state index in [9.17, 15) is 4.79 Å². The van der Waals surface area contributed by atoms with E-state index < -0.39 is 10.1 Å². The van der Waals surface area contributed by atoms with Crippen molar-refractivity contribution in [1.29, 1.82) is 0 Å². The van der Waals surface area contributed by atoms with Crippen LogP contribution in [0, 0.1) is 0 Å². The molecule has 0 aliphatic heterocycles. The van der Waals surface area contributed by atoms with Crippen LogP contribution in [0.25, 0.3) is 0 Å². The third-order valence-electron chi connectivity index (χ3n) is 2.07. The fourth-order valence-electron chi connectivity index (χ4n) is 1.35. The first-order valence-electron chi connectivity index (χ1n) is 5.43. The Balaban J connectivity index is 0.000000526. The molecule has 20 heavy (non-hydrogen) atoms. The number of hydrogen-bond donors (Lipinski definition) is 0. The molecular weight excluding hydrogens is 287 g/mol. The molecule has 100 valence electrons. The fraction of sp³-hybridized carbons (Fsp3) is 0.0714. The van der Waals surface area contributed by atoms with Crippen molar-refractivity contribution in [3.8, 4) is 0 Å². The molecule has 6 heteroatoms. The van der Waals surface area contributed by atoms with Gasteiger partial charge in [0, 0.05) is 17.4 Å². The van der Waals surface area contributed by atoms with Crippen LogP contribution in [-0.4, -0.2) is 25.0 Å². The number of carbonyl (C=O) groups is 1. The summed E-state index contributed by atoms with van der Waals surface area (Å²) in [6.45, 7) is 0. The predicted molar refractivity (Wildman–Crippen MR) is 71.9 cm³/mol. The average Bonchev–Trinajstić information content (AvgIpc) is 2.38. The summed E-state index contributed by atoms with van der Waals surface area (Å²) in [5, 5.41) is 0. The first-order chi connectivity index (χ1) is 8.88. The molecule has 0 heterocycles. The van der Waals surface area contributed by atoms with Crippen LogP contribution in [0.2, 0.25) is 0 Å². The average molecular weight is 300 g/mol. The molecule has 0 fully saturated rings. The Hall–Kier alpha value is -0.980. The Morgan fingerprint density at radius 3 is 1.35 bits per heavy atom. The van der Waals surface area contributed by atoms with Gasteiger partial charge >= 0.3 is 29.6 Å². The Morgan fingerprint density at radius 1 is 0.850 bits per heavy atom. The summed E-state index contributed by atoms with van der Waals surface area (Å²) in [6.07, 6.45) is 0.604. The first-order valence-corrected chi connectivity index (χ1v) is 7.25. The van der Waals surface area contributed by atoms with Crippen LogP contribution < -0.4 is 29.6 Å². The molecule has 2 aromatic rings. The van der Waals surface area contributed by atoms with Crippen molar-refractivity contribution in [3.63, 3.8) is 0 Å². The van der Waals surface area contributed by atoms with Gasteiger partial charge in [-0.2, -0.15) is 0 Å². The smallest absolute Gasteiger partial charge is 0.748 e. The quantitative estimate of drug-likeness (QED) is 0.408. The van der Waals surface area contributed by atoms with E-state index in [0.717, 1.165) is 11.1 Å². The Morgan fingerprint density at radius 2 is 1.10 bits per heavy atom. The zero-order chi connectivity index (χ0) is 14.3. The topological polar surface area (TPSA) is 74.3 Å². The van der Waals surface area contributed by atoms with Crippen LogP contribution in [0.3, 0.4) is 0 Å². The second kappa shape index (κ2) is 9.05. The van der Waals surface area contributed by atoms with Crippen molar-refractivity contribution in [2.45, 2.75) is 0 Å². The van der Waals surface area contributed by atoms with E-state index in [-0.39, 0.29) is 35.3 Å². The van der Waals surface area contributed by atoms with E-state index in [0.29, 0.717) is 6.26 Å². The van der Waals surface area contributed by atoms with Crippen LogP contribution >= 0.6 is 0 Å². The molecule has 0 amide bonds. The summed E-state index contributed by atoms with van der Waals surface area (Å²) >= 11 is 0. The van der Waals surface area contributed by atoms with E-state index in [1.54, 1.807) is 0 Å². The minimum absolute atomic E-state index is 0. The zero-order valence-electron chi connectivity index (χ0n) is 11.3. The van der Waals surface area contributed by atoms with E-state index in [1.807, 2.05) is 60.7 Å². The molecule has 0 saturated carbocycles. The standard InChI is InChI=1S/C13H10O.CH4O3S.Na/c14-13(11-7-3-1-4-8-11)12-9-5-2-6-10-12;1-5(2,3)4;/h1-10H;1H3,(H,2,3,4);/q;;+1/p-1. The second-order valence-electron chi connectivity index (χ2n) is 3.77. The number of benzene rings is 2. The molecule has 2 rings (SSSR count). The van der Waals surface area contributed by atoms with E-state index in [4.69, 9.17) is 13.0 Å².